The average Bonchev–Trinajstić information content (AvgIpc) is 2.92. The number of nitrogens with one attached hydrogen (secondary N) is 1. The standard InChI is InChI=1S/C15H19NOS/c1-3-17-14-8-6-13(7-9-14)11-16-12(2)15-5-4-10-18-15/h4-10,12,16H,3,11H2,1-2H3/t12-/m0/s1. The van der Waals surface area contributed by atoms with Crippen molar-refractivity contribution in [2.45, 2.75) is 26.4 Å². The van der Waals surface area contributed by atoms with Crippen LogP contribution in [0.1, 0.15) is 30.3 Å². The maximum absolute atomic E-state index is 5.43. The van der Waals surface area contributed by atoms with E-state index in [9.17, 15) is 0 Å². The first-order valence-corrected chi connectivity index (χ1v) is 7.16. The summed E-state index contributed by atoms with van der Waals surface area (Å²) in [7, 11) is 0. The minimum Gasteiger partial charge on any atom is -0.494 e. The quantitative estimate of drug-likeness (QED) is 0.848. The van der Waals surface area contributed by atoms with Crippen LogP contribution in [-0.4, -0.2) is 6.61 Å². The zero-order valence-electron chi connectivity index (χ0n) is 10.8. The second kappa shape index (κ2) is 6.57. The highest BCUT2D eigenvalue weighted by Crippen LogP contribution is 2.19. The number of ether oxygens (including phenoxy) is 1. The van der Waals surface area contributed by atoms with E-state index in [4.69, 9.17) is 4.74 Å². The van der Waals surface area contributed by atoms with E-state index in [2.05, 4.69) is 41.9 Å². The zero-order chi connectivity index (χ0) is 12.8. The number of hydrogen-bond donors (Lipinski definition) is 1. The van der Waals surface area contributed by atoms with E-state index < -0.39 is 0 Å². The van der Waals surface area contributed by atoms with Crippen LogP contribution in [0.5, 0.6) is 5.75 Å². The minimum atomic E-state index is 0.400. The lowest BCUT2D eigenvalue weighted by molar-refractivity contribution is 0.340. The predicted molar refractivity (Wildman–Crippen MR) is 77.2 cm³/mol. The van der Waals surface area contributed by atoms with E-state index in [-0.39, 0.29) is 0 Å². The molecule has 3 heteroatoms. The molecule has 1 aromatic carbocycles. The van der Waals surface area contributed by atoms with Crippen molar-refractivity contribution < 1.29 is 4.74 Å². The molecule has 1 heterocycles. The molecule has 0 aliphatic carbocycles. The fraction of sp³-hybridized carbons (Fsp3) is 0.333. The van der Waals surface area contributed by atoms with Gasteiger partial charge in [-0.1, -0.05) is 18.2 Å². The maximum Gasteiger partial charge on any atom is 0.119 e. The molecule has 18 heavy (non-hydrogen) atoms. The molecule has 0 saturated heterocycles. The van der Waals surface area contributed by atoms with Gasteiger partial charge in [-0.3, -0.25) is 0 Å². The molecule has 0 radical (unpaired) electrons. The average molecular weight is 261 g/mol. The van der Waals surface area contributed by atoms with Gasteiger partial charge in [0.2, 0.25) is 0 Å². The fourth-order valence-electron chi connectivity index (χ4n) is 1.78. The number of benzene rings is 1. The second-order valence-corrected chi connectivity index (χ2v) is 5.17. The monoisotopic (exact) mass is 261 g/mol. The lowest BCUT2D eigenvalue weighted by Gasteiger charge is -2.12. The Morgan fingerprint density at radius 3 is 2.61 bits per heavy atom. The summed E-state index contributed by atoms with van der Waals surface area (Å²) in [4.78, 5) is 1.38. The summed E-state index contributed by atoms with van der Waals surface area (Å²) in [5, 5.41) is 5.64. The molecule has 2 aromatic rings. The Hall–Kier alpha value is -1.32. The summed E-state index contributed by atoms with van der Waals surface area (Å²) < 4.78 is 5.43. The summed E-state index contributed by atoms with van der Waals surface area (Å²) in [6.45, 7) is 5.79. The van der Waals surface area contributed by atoms with Gasteiger partial charge in [0.05, 0.1) is 6.61 Å². The van der Waals surface area contributed by atoms with Crippen molar-refractivity contribution in [2.75, 3.05) is 6.61 Å². The van der Waals surface area contributed by atoms with E-state index in [1.165, 1.54) is 10.4 Å². The van der Waals surface area contributed by atoms with Gasteiger partial charge >= 0.3 is 0 Å². The number of hydrogen-bond acceptors (Lipinski definition) is 3. The van der Waals surface area contributed by atoms with Crippen LogP contribution in [0, 0.1) is 0 Å². The van der Waals surface area contributed by atoms with Gasteiger partial charge in [0, 0.05) is 17.5 Å². The van der Waals surface area contributed by atoms with E-state index in [1.54, 1.807) is 11.3 Å². The Bertz CT molecular complexity index is 450. The smallest absolute Gasteiger partial charge is 0.119 e. The number of thiophene rings is 1. The van der Waals surface area contributed by atoms with Crippen LogP contribution >= 0.6 is 11.3 Å². The van der Waals surface area contributed by atoms with Gasteiger partial charge < -0.3 is 10.1 Å². The third-order valence-corrected chi connectivity index (χ3v) is 3.87. The summed E-state index contributed by atoms with van der Waals surface area (Å²) in [5.41, 5.74) is 1.28. The van der Waals surface area contributed by atoms with Crippen LogP contribution in [0.2, 0.25) is 0 Å². The third-order valence-electron chi connectivity index (χ3n) is 2.82. The topological polar surface area (TPSA) is 21.3 Å². The Balaban J connectivity index is 1.86. The SMILES string of the molecule is CCOc1ccc(CN[C@@H](C)c2cccs2)cc1. The van der Waals surface area contributed by atoms with Crippen molar-refractivity contribution >= 4 is 11.3 Å². The van der Waals surface area contributed by atoms with Crippen molar-refractivity contribution in [3.05, 3.63) is 52.2 Å². The highest BCUT2D eigenvalue weighted by atomic mass is 32.1. The minimum absolute atomic E-state index is 0.400. The van der Waals surface area contributed by atoms with E-state index in [1.807, 2.05) is 19.1 Å². The largest absolute Gasteiger partial charge is 0.494 e. The van der Waals surface area contributed by atoms with E-state index >= 15 is 0 Å². The molecule has 0 saturated carbocycles. The van der Waals surface area contributed by atoms with Crippen LogP contribution in [0.25, 0.3) is 0 Å². The molecule has 0 aliphatic rings. The van der Waals surface area contributed by atoms with Gasteiger partial charge in [0.25, 0.3) is 0 Å². The summed E-state index contributed by atoms with van der Waals surface area (Å²) in [6, 6.07) is 12.9. The van der Waals surface area contributed by atoms with Crippen LogP contribution in [0.3, 0.4) is 0 Å². The Morgan fingerprint density at radius 1 is 1.22 bits per heavy atom. The van der Waals surface area contributed by atoms with Crippen molar-refractivity contribution in [3.63, 3.8) is 0 Å². The highest BCUT2D eigenvalue weighted by molar-refractivity contribution is 7.10. The maximum atomic E-state index is 5.43. The molecule has 0 unspecified atom stereocenters. The molecule has 1 aromatic heterocycles. The summed E-state index contributed by atoms with van der Waals surface area (Å²) in [6.07, 6.45) is 0. The lowest BCUT2D eigenvalue weighted by Crippen LogP contribution is -2.16. The molecule has 0 spiro atoms. The van der Waals surface area contributed by atoms with Gasteiger partial charge in [-0.2, -0.15) is 0 Å². The number of rotatable bonds is 6. The second-order valence-electron chi connectivity index (χ2n) is 4.19. The Morgan fingerprint density at radius 2 is 2.00 bits per heavy atom. The molecule has 96 valence electrons. The lowest BCUT2D eigenvalue weighted by atomic mass is 10.2. The highest BCUT2D eigenvalue weighted by Gasteiger charge is 2.05. The molecule has 0 fully saturated rings. The molecule has 0 aliphatic heterocycles. The predicted octanol–water partition coefficient (Wildman–Crippen LogP) is 4.00. The van der Waals surface area contributed by atoms with Crippen LogP contribution < -0.4 is 10.1 Å². The van der Waals surface area contributed by atoms with Gasteiger partial charge in [-0.15, -0.1) is 11.3 Å². The van der Waals surface area contributed by atoms with Gasteiger partial charge in [0.1, 0.15) is 5.75 Å². The third kappa shape index (κ3) is 3.59. The molecular weight excluding hydrogens is 242 g/mol. The molecular formula is C15H19NOS. The first kappa shape index (κ1) is 13.1. The zero-order valence-corrected chi connectivity index (χ0v) is 11.7. The van der Waals surface area contributed by atoms with Crippen molar-refractivity contribution in [3.8, 4) is 5.75 Å². The molecule has 1 atom stereocenters. The molecule has 1 N–H and O–H groups in total. The van der Waals surface area contributed by atoms with Crippen molar-refractivity contribution in [1.82, 2.24) is 5.32 Å². The van der Waals surface area contributed by atoms with Gasteiger partial charge in [0.15, 0.2) is 0 Å². The van der Waals surface area contributed by atoms with E-state index in [0.717, 1.165) is 12.3 Å². The molecule has 0 amide bonds. The first-order valence-electron chi connectivity index (χ1n) is 6.28. The van der Waals surface area contributed by atoms with E-state index in [0.29, 0.717) is 12.6 Å². The Labute approximate surface area is 113 Å². The van der Waals surface area contributed by atoms with Crippen LogP contribution in [0.15, 0.2) is 41.8 Å². The van der Waals surface area contributed by atoms with Crippen LogP contribution in [-0.2, 0) is 6.54 Å². The fourth-order valence-corrected chi connectivity index (χ4v) is 2.54. The Kier molecular flexibility index (Phi) is 4.79. The molecule has 2 nitrogen and oxygen atoms in total. The van der Waals surface area contributed by atoms with Gasteiger partial charge in [-0.05, 0) is 43.0 Å². The van der Waals surface area contributed by atoms with Crippen LogP contribution in [0.4, 0.5) is 0 Å². The van der Waals surface area contributed by atoms with Crippen molar-refractivity contribution in [1.29, 1.82) is 0 Å². The summed E-state index contributed by atoms with van der Waals surface area (Å²) >= 11 is 1.79. The summed E-state index contributed by atoms with van der Waals surface area (Å²) in [5.74, 6) is 0.938. The van der Waals surface area contributed by atoms with Gasteiger partial charge in [-0.25, -0.2) is 0 Å². The molecule has 2 rings (SSSR count). The first-order chi connectivity index (χ1) is 8.79. The normalized spacial score (nSPS) is 12.3. The van der Waals surface area contributed by atoms with Crippen molar-refractivity contribution in [2.24, 2.45) is 0 Å². The molecule has 0 bridgehead atoms.